The zero-order chi connectivity index (χ0) is 17.5. The van der Waals surface area contributed by atoms with Gasteiger partial charge in [-0.25, -0.2) is 0 Å². The molecule has 2 N–H and O–H groups in total. The van der Waals surface area contributed by atoms with Crippen molar-refractivity contribution in [2.75, 3.05) is 19.6 Å². The summed E-state index contributed by atoms with van der Waals surface area (Å²) in [5, 5.41) is 5.49. The smallest absolute Gasteiger partial charge is 0.242 e. The quantitative estimate of drug-likeness (QED) is 0.806. The topological polar surface area (TPSA) is 74.6 Å². The second kappa shape index (κ2) is 8.48. The average molecular weight is 341 g/mol. The predicted octanol–water partition coefficient (Wildman–Crippen LogP) is 1.85. The molecule has 25 heavy (non-hydrogen) atoms. The molecule has 1 aliphatic heterocycles. The number of benzene rings is 1. The first kappa shape index (κ1) is 17.2. The highest BCUT2D eigenvalue weighted by Crippen LogP contribution is 2.25. The van der Waals surface area contributed by atoms with Crippen molar-refractivity contribution in [2.45, 2.75) is 25.4 Å². The van der Waals surface area contributed by atoms with Crippen LogP contribution in [0.3, 0.4) is 0 Å². The van der Waals surface area contributed by atoms with Crippen LogP contribution in [0.15, 0.2) is 53.1 Å². The third kappa shape index (κ3) is 4.70. The SMILES string of the molecule is O=C(CNC(=O)C(c1ccccc1)N1CCCC1)NCc1ccco1. The molecule has 2 amide bonds. The van der Waals surface area contributed by atoms with Gasteiger partial charge in [-0.1, -0.05) is 30.3 Å². The number of hydrogen-bond donors (Lipinski definition) is 2. The lowest BCUT2D eigenvalue weighted by Crippen LogP contribution is -2.43. The minimum atomic E-state index is -0.346. The lowest BCUT2D eigenvalue weighted by Gasteiger charge is -2.26. The number of rotatable bonds is 7. The molecule has 1 saturated heterocycles. The molecule has 1 atom stereocenters. The Bertz CT molecular complexity index is 679. The van der Waals surface area contributed by atoms with Crippen molar-refractivity contribution in [3.8, 4) is 0 Å². The highest BCUT2D eigenvalue weighted by Gasteiger charge is 2.29. The Labute approximate surface area is 147 Å². The van der Waals surface area contributed by atoms with Crippen LogP contribution in [0.25, 0.3) is 0 Å². The van der Waals surface area contributed by atoms with Crippen LogP contribution < -0.4 is 10.6 Å². The second-order valence-corrected chi connectivity index (χ2v) is 6.13. The van der Waals surface area contributed by atoms with Crippen molar-refractivity contribution >= 4 is 11.8 Å². The zero-order valence-corrected chi connectivity index (χ0v) is 14.1. The van der Waals surface area contributed by atoms with Gasteiger partial charge in [-0.15, -0.1) is 0 Å². The number of nitrogens with one attached hydrogen (secondary N) is 2. The van der Waals surface area contributed by atoms with Crippen molar-refractivity contribution in [3.63, 3.8) is 0 Å². The molecule has 1 aliphatic rings. The van der Waals surface area contributed by atoms with E-state index in [1.54, 1.807) is 18.4 Å². The Balaban J connectivity index is 1.55. The van der Waals surface area contributed by atoms with E-state index in [0.717, 1.165) is 31.5 Å². The van der Waals surface area contributed by atoms with Gasteiger partial charge in [0, 0.05) is 0 Å². The van der Waals surface area contributed by atoms with E-state index in [2.05, 4.69) is 15.5 Å². The fraction of sp³-hybridized carbons (Fsp3) is 0.368. The molecule has 2 heterocycles. The normalized spacial score (nSPS) is 15.7. The van der Waals surface area contributed by atoms with Crippen molar-refractivity contribution in [1.29, 1.82) is 0 Å². The third-order valence-electron chi connectivity index (χ3n) is 4.33. The van der Waals surface area contributed by atoms with Crippen molar-refractivity contribution < 1.29 is 14.0 Å². The van der Waals surface area contributed by atoms with Crippen molar-refractivity contribution in [2.24, 2.45) is 0 Å². The van der Waals surface area contributed by atoms with Gasteiger partial charge in [0.1, 0.15) is 11.8 Å². The minimum Gasteiger partial charge on any atom is -0.467 e. The number of likely N-dealkylation sites (tertiary alicyclic amines) is 1. The van der Waals surface area contributed by atoms with Gasteiger partial charge in [0.15, 0.2) is 0 Å². The molecule has 0 bridgehead atoms. The number of amides is 2. The fourth-order valence-electron chi connectivity index (χ4n) is 3.09. The number of carbonyl (C=O) groups is 2. The molecular weight excluding hydrogens is 318 g/mol. The highest BCUT2D eigenvalue weighted by molar-refractivity contribution is 5.88. The van der Waals surface area contributed by atoms with E-state index < -0.39 is 0 Å². The Morgan fingerprint density at radius 3 is 2.48 bits per heavy atom. The summed E-state index contributed by atoms with van der Waals surface area (Å²) in [6, 6.07) is 12.9. The average Bonchev–Trinajstić information content (AvgIpc) is 3.33. The summed E-state index contributed by atoms with van der Waals surface area (Å²) >= 11 is 0. The maximum absolute atomic E-state index is 12.7. The Morgan fingerprint density at radius 2 is 1.80 bits per heavy atom. The third-order valence-corrected chi connectivity index (χ3v) is 4.33. The van der Waals surface area contributed by atoms with Crippen molar-refractivity contribution in [3.05, 3.63) is 60.1 Å². The molecular formula is C19H23N3O3. The Hall–Kier alpha value is -2.60. The molecule has 1 fully saturated rings. The largest absolute Gasteiger partial charge is 0.467 e. The summed E-state index contributed by atoms with van der Waals surface area (Å²) in [4.78, 5) is 26.8. The van der Waals surface area contributed by atoms with Crippen LogP contribution in [-0.4, -0.2) is 36.3 Å². The van der Waals surface area contributed by atoms with Crippen LogP contribution >= 0.6 is 0 Å². The first-order chi connectivity index (χ1) is 12.2. The molecule has 6 heteroatoms. The molecule has 0 spiro atoms. The van der Waals surface area contributed by atoms with Gasteiger partial charge in [0.05, 0.1) is 19.4 Å². The van der Waals surface area contributed by atoms with Crippen LogP contribution in [0, 0.1) is 0 Å². The summed E-state index contributed by atoms with van der Waals surface area (Å²) in [6.45, 7) is 2.07. The maximum Gasteiger partial charge on any atom is 0.242 e. The minimum absolute atomic E-state index is 0.0449. The molecule has 1 aromatic carbocycles. The predicted molar refractivity (Wildman–Crippen MR) is 93.6 cm³/mol. The van der Waals surface area contributed by atoms with Crippen LogP contribution in [0.2, 0.25) is 0 Å². The van der Waals surface area contributed by atoms with Gasteiger partial charge in [-0.2, -0.15) is 0 Å². The maximum atomic E-state index is 12.7. The molecule has 0 radical (unpaired) electrons. The summed E-state index contributed by atoms with van der Waals surface area (Å²) in [5.74, 6) is 0.304. The molecule has 132 valence electrons. The standard InChI is InChI=1S/C19H23N3O3/c23-17(20-13-16-9-6-12-25-16)14-21-19(24)18(22-10-4-5-11-22)15-7-2-1-3-8-15/h1-3,6-9,12,18H,4-5,10-11,13-14H2,(H,20,23)(H,21,24). The van der Waals surface area contributed by atoms with E-state index in [-0.39, 0.29) is 24.4 Å². The zero-order valence-electron chi connectivity index (χ0n) is 14.1. The van der Waals surface area contributed by atoms with Crippen molar-refractivity contribution in [1.82, 2.24) is 15.5 Å². The summed E-state index contributed by atoms with van der Waals surface area (Å²) < 4.78 is 5.16. The van der Waals surface area contributed by atoms with E-state index in [1.807, 2.05) is 30.3 Å². The van der Waals surface area contributed by atoms with Crippen LogP contribution in [-0.2, 0) is 16.1 Å². The lowest BCUT2D eigenvalue weighted by atomic mass is 10.0. The Kier molecular flexibility index (Phi) is 5.85. The van der Waals surface area contributed by atoms with Gasteiger partial charge in [0.25, 0.3) is 0 Å². The summed E-state index contributed by atoms with van der Waals surface area (Å²) in [7, 11) is 0. The molecule has 0 saturated carbocycles. The van der Waals surface area contributed by atoms with Crippen LogP contribution in [0.5, 0.6) is 0 Å². The van der Waals surface area contributed by atoms with Crippen LogP contribution in [0.1, 0.15) is 30.2 Å². The number of furan rings is 1. The van der Waals surface area contributed by atoms with Crippen LogP contribution in [0.4, 0.5) is 0 Å². The first-order valence-corrected chi connectivity index (χ1v) is 8.60. The number of hydrogen-bond acceptors (Lipinski definition) is 4. The van der Waals surface area contributed by atoms with E-state index in [1.165, 1.54) is 0 Å². The molecule has 3 rings (SSSR count). The Morgan fingerprint density at radius 1 is 1.04 bits per heavy atom. The summed E-state index contributed by atoms with van der Waals surface area (Å²) in [6.07, 6.45) is 3.75. The molecule has 1 unspecified atom stereocenters. The monoisotopic (exact) mass is 341 g/mol. The van der Waals surface area contributed by atoms with Gasteiger partial charge in [-0.3, -0.25) is 14.5 Å². The van der Waals surface area contributed by atoms with E-state index >= 15 is 0 Å². The highest BCUT2D eigenvalue weighted by atomic mass is 16.3. The van der Waals surface area contributed by atoms with Gasteiger partial charge in [-0.05, 0) is 43.6 Å². The second-order valence-electron chi connectivity index (χ2n) is 6.13. The lowest BCUT2D eigenvalue weighted by molar-refractivity contribution is -0.129. The molecule has 6 nitrogen and oxygen atoms in total. The number of nitrogens with zero attached hydrogens (tertiary/aromatic N) is 1. The first-order valence-electron chi connectivity index (χ1n) is 8.60. The molecule has 2 aromatic rings. The van der Waals surface area contributed by atoms with Gasteiger partial charge < -0.3 is 15.1 Å². The number of carbonyl (C=O) groups excluding carboxylic acids is 2. The van der Waals surface area contributed by atoms with E-state index in [9.17, 15) is 9.59 Å². The van der Waals surface area contributed by atoms with E-state index in [0.29, 0.717) is 12.3 Å². The fourth-order valence-corrected chi connectivity index (χ4v) is 3.09. The van der Waals surface area contributed by atoms with Gasteiger partial charge in [0.2, 0.25) is 11.8 Å². The van der Waals surface area contributed by atoms with E-state index in [4.69, 9.17) is 4.42 Å². The summed E-state index contributed by atoms with van der Waals surface area (Å²) in [5.41, 5.74) is 0.956. The van der Waals surface area contributed by atoms with Gasteiger partial charge >= 0.3 is 0 Å². The molecule has 0 aliphatic carbocycles. The molecule has 1 aromatic heterocycles.